The van der Waals surface area contributed by atoms with Crippen LogP contribution in [0.4, 0.5) is 0 Å². The van der Waals surface area contributed by atoms with Crippen LogP contribution in [0, 0.1) is 0 Å². The molecule has 1 N–H and O–H groups in total. The van der Waals surface area contributed by atoms with E-state index in [0.717, 1.165) is 12.8 Å². The van der Waals surface area contributed by atoms with Gasteiger partial charge >= 0.3 is 5.97 Å². The molecule has 3 heteroatoms. The van der Waals surface area contributed by atoms with Gasteiger partial charge in [-0.15, -0.1) is 0 Å². The van der Waals surface area contributed by atoms with Crippen molar-refractivity contribution in [3.8, 4) is 0 Å². The molecular weight excluding hydrogens is 190 g/mol. The molecule has 0 saturated heterocycles. The van der Waals surface area contributed by atoms with E-state index in [1.807, 2.05) is 45.6 Å². The molecule has 3 nitrogen and oxygen atoms in total. The molecule has 0 aliphatic carbocycles. The van der Waals surface area contributed by atoms with Gasteiger partial charge in [0.1, 0.15) is 5.70 Å². The zero-order valence-corrected chi connectivity index (χ0v) is 10.4. The first-order valence-electron chi connectivity index (χ1n) is 5.63. The highest BCUT2D eigenvalue weighted by Gasteiger charge is 2.21. The van der Waals surface area contributed by atoms with Crippen LogP contribution in [0.3, 0.4) is 0 Å². The quantitative estimate of drug-likeness (QED) is 0.690. The van der Waals surface area contributed by atoms with Crippen LogP contribution >= 0.6 is 0 Å². The second-order valence-electron chi connectivity index (χ2n) is 4.28. The molecule has 0 radical (unpaired) electrons. The number of rotatable bonds is 6. The summed E-state index contributed by atoms with van der Waals surface area (Å²) in [6.07, 6.45) is 3.61. The van der Waals surface area contributed by atoms with Gasteiger partial charge < -0.3 is 10.0 Å². The van der Waals surface area contributed by atoms with Crippen LogP contribution in [-0.4, -0.2) is 28.1 Å². The van der Waals surface area contributed by atoms with Crippen LogP contribution in [0.5, 0.6) is 0 Å². The summed E-state index contributed by atoms with van der Waals surface area (Å²) in [7, 11) is 0. The number of hydrogen-bond donors (Lipinski definition) is 1. The van der Waals surface area contributed by atoms with Gasteiger partial charge in [-0.05, 0) is 34.1 Å². The van der Waals surface area contributed by atoms with Crippen molar-refractivity contribution >= 4 is 5.97 Å². The minimum absolute atomic E-state index is 0.212. The highest BCUT2D eigenvalue weighted by Crippen LogP contribution is 2.15. The molecule has 88 valence electrons. The standard InChI is InChI=1S/C12H23NO2/c1-6-7-8-11(12(14)15)13(9(2)3)10(4)5/h8-10H,6-7H2,1-5H3,(H,14,15)/b11-8+. The van der Waals surface area contributed by atoms with E-state index in [1.165, 1.54) is 0 Å². The summed E-state index contributed by atoms with van der Waals surface area (Å²) in [6.45, 7) is 10.1. The Labute approximate surface area is 92.8 Å². The molecule has 0 heterocycles. The predicted octanol–water partition coefficient (Wildman–Crippen LogP) is 2.87. The first-order valence-corrected chi connectivity index (χ1v) is 5.63. The average Bonchev–Trinajstić information content (AvgIpc) is 2.09. The highest BCUT2D eigenvalue weighted by molar-refractivity contribution is 5.85. The SMILES string of the molecule is CCC/C=C(\C(=O)O)N(C(C)C)C(C)C. The van der Waals surface area contributed by atoms with E-state index >= 15 is 0 Å². The van der Waals surface area contributed by atoms with Gasteiger partial charge in [-0.2, -0.15) is 0 Å². The number of unbranched alkanes of at least 4 members (excludes halogenated alkanes) is 1. The first-order chi connectivity index (χ1) is 6.91. The molecule has 0 aromatic rings. The Morgan fingerprint density at radius 3 is 2.00 bits per heavy atom. The summed E-state index contributed by atoms with van der Waals surface area (Å²) in [5, 5.41) is 9.16. The second-order valence-corrected chi connectivity index (χ2v) is 4.28. The van der Waals surface area contributed by atoms with Gasteiger partial charge in [0.25, 0.3) is 0 Å². The summed E-state index contributed by atoms with van der Waals surface area (Å²) in [6, 6.07) is 0.424. The van der Waals surface area contributed by atoms with E-state index in [4.69, 9.17) is 5.11 Å². The maximum atomic E-state index is 11.1. The van der Waals surface area contributed by atoms with Gasteiger partial charge in [0, 0.05) is 12.1 Å². The largest absolute Gasteiger partial charge is 0.477 e. The lowest BCUT2D eigenvalue weighted by atomic mass is 10.1. The van der Waals surface area contributed by atoms with Crippen molar-refractivity contribution in [3.63, 3.8) is 0 Å². The zero-order valence-electron chi connectivity index (χ0n) is 10.4. The summed E-state index contributed by atoms with van der Waals surface area (Å²) in [5.41, 5.74) is 0.432. The Kier molecular flexibility index (Phi) is 6.06. The molecule has 0 saturated carbocycles. The molecule has 0 rings (SSSR count). The smallest absolute Gasteiger partial charge is 0.351 e. The molecule has 0 spiro atoms. The van der Waals surface area contributed by atoms with Gasteiger partial charge in [-0.25, -0.2) is 4.79 Å². The van der Waals surface area contributed by atoms with Crippen molar-refractivity contribution in [2.45, 2.75) is 59.5 Å². The van der Waals surface area contributed by atoms with Gasteiger partial charge in [-0.1, -0.05) is 19.4 Å². The maximum absolute atomic E-state index is 11.1. The van der Waals surface area contributed by atoms with Gasteiger partial charge in [0.15, 0.2) is 0 Å². The van der Waals surface area contributed by atoms with E-state index in [1.54, 1.807) is 0 Å². The fourth-order valence-electron chi connectivity index (χ4n) is 1.74. The van der Waals surface area contributed by atoms with Crippen LogP contribution in [0.25, 0.3) is 0 Å². The predicted molar refractivity (Wildman–Crippen MR) is 62.7 cm³/mol. The van der Waals surface area contributed by atoms with Crippen LogP contribution < -0.4 is 0 Å². The van der Waals surface area contributed by atoms with Crippen molar-refractivity contribution in [1.82, 2.24) is 4.90 Å². The lowest BCUT2D eigenvalue weighted by molar-refractivity contribution is -0.135. The van der Waals surface area contributed by atoms with E-state index in [2.05, 4.69) is 0 Å². The Hall–Kier alpha value is -0.990. The third kappa shape index (κ3) is 4.36. The Morgan fingerprint density at radius 1 is 1.27 bits per heavy atom. The van der Waals surface area contributed by atoms with Crippen LogP contribution in [0.1, 0.15) is 47.5 Å². The van der Waals surface area contributed by atoms with Crippen LogP contribution in [0.15, 0.2) is 11.8 Å². The van der Waals surface area contributed by atoms with Gasteiger partial charge in [0.2, 0.25) is 0 Å². The van der Waals surface area contributed by atoms with Crippen molar-refractivity contribution in [2.75, 3.05) is 0 Å². The molecule has 0 fully saturated rings. The Bertz CT molecular complexity index is 224. The summed E-state index contributed by atoms with van der Waals surface area (Å²) >= 11 is 0. The molecule has 0 atom stereocenters. The molecule has 0 bridgehead atoms. The lowest BCUT2D eigenvalue weighted by Gasteiger charge is -2.33. The molecule has 0 aliphatic rings. The van der Waals surface area contributed by atoms with Crippen molar-refractivity contribution < 1.29 is 9.90 Å². The topological polar surface area (TPSA) is 40.5 Å². The number of hydrogen-bond acceptors (Lipinski definition) is 2. The number of aliphatic carboxylic acids is 1. The lowest BCUT2D eigenvalue weighted by Crippen LogP contribution is -2.39. The van der Waals surface area contributed by atoms with Gasteiger partial charge in [-0.3, -0.25) is 0 Å². The summed E-state index contributed by atoms with van der Waals surface area (Å²) in [5.74, 6) is -0.828. The van der Waals surface area contributed by atoms with E-state index in [-0.39, 0.29) is 12.1 Å². The Morgan fingerprint density at radius 2 is 1.73 bits per heavy atom. The Balaban J connectivity index is 4.93. The van der Waals surface area contributed by atoms with E-state index in [0.29, 0.717) is 5.70 Å². The van der Waals surface area contributed by atoms with Crippen molar-refractivity contribution in [1.29, 1.82) is 0 Å². The van der Waals surface area contributed by atoms with E-state index in [9.17, 15) is 4.79 Å². The minimum atomic E-state index is -0.828. The summed E-state index contributed by atoms with van der Waals surface area (Å²) in [4.78, 5) is 13.1. The number of carboxylic acids is 1. The van der Waals surface area contributed by atoms with E-state index < -0.39 is 5.97 Å². The second kappa shape index (κ2) is 6.49. The fraction of sp³-hybridized carbons (Fsp3) is 0.750. The monoisotopic (exact) mass is 213 g/mol. The number of carbonyl (C=O) groups is 1. The average molecular weight is 213 g/mol. The minimum Gasteiger partial charge on any atom is -0.477 e. The zero-order chi connectivity index (χ0) is 12.0. The first kappa shape index (κ1) is 14.0. The molecule has 0 aliphatic heterocycles. The number of allylic oxidation sites excluding steroid dienone is 1. The van der Waals surface area contributed by atoms with Crippen LogP contribution in [-0.2, 0) is 4.79 Å². The third-order valence-electron chi connectivity index (χ3n) is 2.24. The van der Waals surface area contributed by atoms with Crippen LogP contribution in [0.2, 0.25) is 0 Å². The normalized spacial score (nSPS) is 12.3. The number of carboxylic acid groups (broad SMARTS) is 1. The molecular formula is C12H23NO2. The van der Waals surface area contributed by atoms with Crippen molar-refractivity contribution in [3.05, 3.63) is 11.8 Å². The molecule has 0 amide bonds. The maximum Gasteiger partial charge on any atom is 0.351 e. The summed E-state index contributed by atoms with van der Waals surface area (Å²) < 4.78 is 0. The fourth-order valence-corrected chi connectivity index (χ4v) is 1.74. The van der Waals surface area contributed by atoms with Crippen molar-refractivity contribution in [2.24, 2.45) is 0 Å². The third-order valence-corrected chi connectivity index (χ3v) is 2.24. The molecule has 0 aromatic heterocycles. The molecule has 0 unspecified atom stereocenters. The molecule has 0 aromatic carbocycles. The highest BCUT2D eigenvalue weighted by atomic mass is 16.4. The number of nitrogens with zero attached hydrogens (tertiary/aromatic N) is 1. The molecule has 15 heavy (non-hydrogen) atoms. The van der Waals surface area contributed by atoms with Gasteiger partial charge in [0.05, 0.1) is 0 Å².